The summed E-state index contributed by atoms with van der Waals surface area (Å²) in [7, 11) is 0. The molecular formula is C13H12ClN3O. The van der Waals surface area contributed by atoms with Gasteiger partial charge in [-0.05, 0) is 30.7 Å². The quantitative estimate of drug-likeness (QED) is 0.864. The molecular weight excluding hydrogens is 250 g/mol. The highest BCUT2D eigenvalue weighted by molar-refractivity contribution is 6.29. The van der Waals surface area contributed by atoms with Crippen LogP contribution in [0.25, 0.3) is 0 Å². The Balaban J connectivity index is 2.06. The first kappa shape index (κ1) is 12.5. The summed E-state index contributed by atoms with van der Waals surface area (Å²) in [6, 6.07) is 6.87. The Bertz CT molecular complexity index is 528. The molecule has 0 spiro atoms. The molecule has 2 aromatic rings. The summed E-state index contributed by atoms with van der Waals surface area (Å²) in [5.74, 6) is -0.185. The van der Waals surface area contributed by atoms with E-state index in [0.717, 1.165) is 5.56 Å². The first-order valence-corrected chi connectivity index (χ1v) is 5.87. The van der Waals surface area contributed by atoms with Crippen LogP contribution >= 0.6 is 11.6 Å². The van der Waals surface area contributed by atoms with Crippen molar-refractivity contribution in [3.63, 3.8) is 0 Å². The van der Waals surface area contributed by atoms with Crippen LogP contribution in [0, 0.1) is 0 Å². The minimum Gasteiger partial charge on any atom is -0.345 e. The van der Waals surface area contributed by atoms with Gasteiger partial charge in [0.25, 0.3) is 5.91 Å². The van der Waals surface area contributed by atoms with Gasteiger partial charge in [-0.15, -0.1) is 0 Å². The molecule has 1 atom stereocenters. The van der Waals surface area contributed by atoms with Gasteiger partial charge < -0.3 is 5.32 Å². The number of aromatic nitrogens is 2. The normalized spacial score (nSPS) is 11.9. The third-order valence-electron chi connectivity index (χ3n) is 2.52. The number of carbonyl (C=O) groups is 1. The minimum absolute atomic E-state index is 0.109. The van der Waals surface area contributed by atoms with Crippen LogP contribution in [0.4, 0.5) is 0 Å². The van der Waals surface area contributed by atoms with E-state index in [2.05, 4.69) is 15.3 Å². The van der Waals surface area contributed by atoms with Crippen molar-refractivity contribution in [1.29, 1.82) is 0 Å². The average Bonchev–Trinajstić information content (AvgIpc) is 2.40. The molecule has 0 saturated heterocycles. The lowest BCUT2D eigenvalue weighted by Gasteiger charge is -2.13. The van der Waals surface area contributed by atoms with Gasteiger partial charge in [-0.2, -0.15) is 0 Å². The number of hydrogen-bond donors (Lipinski definition) is 1. The lowest BCUT2D eigenvalue weighted by Crippen LogP contribution is -2.26. The van der Waals surface area contributed by atoms with Crippen molar-refractivity contribution in [2.24, 2.45) is 0 Å². The van der Waals surface area contributed by atoms with Crippen LogP contribution in [-0.4, -0.2) is 15.9 Å². The number of carbonyl (C=O) groups excluding carboxylic acids is 1. The highest BCUT2D eigenvalue weighted by Gasteiger charge is 2.11. The molecule has 18 heavy (non-hydrogen) atoms. The van der Waals surface area contributed by atoms with Crippen molar-refractivity contribution < 1.29 is 4.79 Å². The fourth-order valence-electron chi connectivity index (χ4n) is 1.51. The second-order valence-corrected chi connectivity index (χ2v) is 4.24. The van der Waals surface area contributed by atoms with Gasteiger partial charge in [0.2, 0.25) is 0 Å². The van der Waals surface area contributed by atoms with Crippen molar-refractivity contribution in [1.82, 2.24) is 15.3 Å². The van der Waals surface area contributed by atoms with Crippen molar-refractivity contribution in [2.45, 2.75) is 13.0 Å². The maximum absolute atomic E-state index is 11.9. The smallest absolute Gasteiger partial charge is 0.253 e. The second kappa shape index (κ2) is 5.60. The van der Waals surface area contributed by atoms with Gasteiger partial charge in [-0.1, -0.05) is 17.7 Å². The lowest BCUT2D eigenvalue weighted by atomic mass is 10.1. The topological polar surface area (TPSA) is 54.9 Å². The third kappa shape index (κ3) is 3.05. The summed E-state index contributed by atoms with van der Waals surface area (Å²) in [5, 5.41) is 3.24. The number of nitrogens with one attached hydrogen (secondary N) is 1. The summed E-state index contributed by atoms with van der Waals surface area (Å²) in [6.07, 6.45) is 4.87. The summed E-state index contributed by atoms with van der Waals surface area (Å²) in [5.41, 5.74) is 1.43. The van der Waals surface area contributed by atoms with Crippen LogP contribution in [-0.2, 0) is 0 Å². The van der Waals surface area contributed by atoms with Gasteiger partial charge in [-0.25, -0.2) is 4.98 Å². The van der Waals surface area contributed by atoms with Gasteiger partial charge in [-0.3, -0.25) is 9.78 Å². The Labute approximate surface area is 110 Å². The standard InChI is InChI=1S/C13H12ClN3O/c1-9(10-3-2-6-15-7-10)17-13(18)11-4-5-12(14)16-8-11/h2-9H,1H3,(H,17,18). The SMILES string of the molecule is CC(NC(=O)c1ccc(Cl)nc1)c1cccnc1. The molecule has 0 aliphatic carbocycles. The Kier molecular flexibility index (Phi) is 3.89. The maximum atomic E-state index is 11.9. The van der Waals surface area contributed by atoms with Crippen molar-refractivity contribution >= 4 is 17.5 Å². The first-order valence-electron chi connectivity index (χ1n) is 5.49. The monoisotopic (exact) mass is 261 g/mol. The van der Waals surface area contributed by atoms with Crippen molar-refractivity contribution in [3.05, 3.63) is 59.1 Å². The molecule has 1 N–H and O–H groups in total. The van der Waals surface area contributed by atoms with Crippen LogP contribution < -0.4 is 5.32 Å². The second-order valence-electron chi connectivity index (χ2n) is 3.85. The van der Waals surface area contributed by atoms with E-state index in [1.54, 1.807) is 24.5 Å². The van der Waals surface area contributed by atoms with Gasteiger partial charge in [0.05, 0.1) is 11.6 Å². The van der Waals surface area contributed by atoms with Crippen LogP contribution in [0.1, 0.15) is 28.9 Å². The number of amides is 1. The fourth-order valence-corrected chi connectivity index (χ4v) is 1.62. The molecule has 2 aromatic heterocycles. The molecule has 0 bridgehead atoms. The largest absolute Gasteiger partial charge is 0.345 e. The highest BCUT2D eigenvalue weighted by Crippen LogP contribution is 2.11. The van der Waals surface area contributed by atoms with E-state index >= 15 is 0 Å². The molecule has 0 fully saturated rings. The zero-order valence-corrected chi connectivity index (χ0v) is 10.6. The number of pyridine rings is 2. The Morgan fingerprint density at radius 2 is 2.17 bits per heavy atom. The van der Waals surface area contributed by atoms with Gasteiger partial charge in [0, 0.05) is 18.6 Å². The Morgan fingerprint density at radius 3 is 2.78 bits per heavy atom. The molecule has 0 radical (unpaired) electrons. The molecule has 2 heterocycles. The van der Waals surface area contributed by atoms with Crippen LogP contribution in [0.2, 0.25) is 5.15 Å². The van der Waals surface area contributed by atoms with E-state index in [1.165, 1.54) is 6.20 Å². The maximum Gasteiger partial charge on any atom is 0.253 e. The molecule has 0 aliphatic rings. The predicted molar refractivity (Wildman–Crippen MR) is 69.4 cm³/mol. The van der Waals surface area contributed by atoms with E-state index in [9.17, 15) is 4.79 Å². The van der Waals surface area contributed by atoms with Crippen LogP contribution in [0.5, 0.6) is 0 Å². The Morgan fingerprint density at radius 1 is 1.33 bits per heavy atom. The van der Waals surface area contributed by atoms with Crippen molar-refractivity contribution in [3.8, 4) is 0 Å². The van der Waals surface area contributed by atoms with Crippen LogP contribution in [0.15, 0.2) is 42.9 Å². The third-order valence-corrected chi connectivity index (χ3v) is 2.75. The zero-order valence-electron chi connectivity index (χ0n) is 9.80. The molecule has 5 heteroatoms. The summed E-state index contributed by atoms with van der Waals surface area (Å²) in [4.78, 5) is 19.8. The average molecular weight is 262 g/mol. The summed E-state index contributed by atoms with van der Waals surface area (Å²) >= 11 is 5.67. The molecule has 0 saturated carbocycles. The minimum atomic E-state index is -0.185. The lowest BCUT2D eigenvalue weighted by molar-refractivity contribution is 0.0939. The number of halogens is 1. The van der Waals surface area contributed by atoms with E-state index in [4.69, 9.17) is 11.6 Å². The van der Waals surface area contributed by atoms with Crippen molar-refractivity contribution in [2.75, 3.05) is 0 Å². The highest BCUT2D eigenvalue weighted by atomic mass is 35.5. The molecule has 0 aliphatic heterocycles. The Hall–Kier alpha value is -1.94. The van der Waals surface area contributed by atoms with E-state index in [1.807, 2.05) is 19.1 Å². The predicted octanol–water partition coefficient (Wildman–Crippen LogP) is 2.62. The summed E-state index contributed by atoms with van der Waals surface area (Å²) < 4.78 is 0. The van der Waals surface area contributed by atoms with Crippen LogP contribution in [0.3, 0.4) is 0 Å². The molecule has 0 aromatic carbocycles. The number of nitrogens with zero attached hydrogens (tertiary/aromatic N) is 2. The number of rotatable bonds is 3. The van der Waals surface area contributed by atoms with Gasteiger partial charge >= 0.3 is 0 Å². The molecule has 1 amide bonds. The fraction of sp³-hybridized carbons (Fsp3) is 0.154. The molecule has 4 nitrogen and oxygen atoms in total. The first-order chi connectivity index (χ1) is 8.66. The molecule has 2 rings (SSSR count). The summed E-state index contributed by atoms with van der Waals surface area (Å²) in [6.45, 7) is 1.90. The van der Waals surface area contributed by atoms with Gasteiger partial charge in [0.15, 0.2) is 0 Å². The molecule has 1 unspecified atom stereocenters. The van der Waals surface area contributed by atoms with E-state index in [-0.39, 0.29) is 11.9 Å². The number of hydrogen-bond acceptors (Lipinski definition) is 3. The van der Waals surface area contributed by atoms with Gasteiger partial charge in [0.1, 0.15) is 5.15 Å². The van der Waals surface area contributed by atoms with E-state index < -0.39 is 0 Å². The zero-order chi connectivity index (χ0) is 13.0. The van der Waals surface area contributed by atoms with E-state index in [0.29, 0.717) is 10.7 Å². The molecule has 92 valence electrons.